The molecule has 1 saturated heterocycles. The lowest BCUT2D eigenvalue weighted by Crippen LogP contribution is -2.45. The fourth-order valence-corrected chi connectivity index (χ4v) is 1.29. The normalized spacial score (nSPS) is 27.2. The number of carbonyl (C=O) groups excluding carboxylic acids is 2. The standard InChI is InChI=1S/C7H13N3O3/c1-13-4-2-5(9-3-4)6(11)10-7(8)12/h4-5,9H,2-3H2,1H3,(H3,8,10,11,12). The molecule has 1 aliphatic rings. The van der Waals surface area contributed by atoms with Gasteiger partial charge < -0.3 is 15.8 Å². The largest absolute Gasteiger partial charge is 0.380 e. The van der Waals surface area contributed by atoms with Crippen molar-refractivity contribution >= 4 is 11.9 Å². The molecular formula is C7H13N3O3. The van der Waals surface area contributed by atoms with E-state index in [0.717, 1.165) is 0 Å². The first-order chi connectivity index (χ1) is 6.13. The number of ether oxygens (including phenoxy) is 1. The van der Waals surface area contributed by atoms with E-state index in [9.17, 15) is 9.59 Å². The van der Waals surface area contributed by atoms with E-state index in [1.54, 1.807) is 7.11 Å². The average Bonchev–Trinajstić information content (AvgIpc) is 2.50. The van der Waals surface area contributed by atoms with E-state index in [1.807, 2.05) is 5.32 Å². The maximum absolute atomic E-state index is 11.2. The fourth-order valence-electron chi connectivity index (χ4n) is 1.29. The number of primary amides is 1. The first-order valence-corrected chi connectivity index (χ1v) is 4.00. The Balaban J connectivity index is 2.37. The second kappa shape index (κ2) is 4.20. The molecule has 6 nitrogen and oxygen atoms in total. The Morgan fingerprint density at radius 2 is 2.31 bits per heavy atom. The number of carbonyl (C=O) groups is 2. The van der Waals surface area contributed by atoms with Gasteiger partial charge in [-0.05, 0) is 6.42 Å². The maximum Gasteiger partial charge on any atom is 0.318 e. The second-order valence-corrected chi connectivity index (χ2v) is 2.91. The number of hydrogen-bond donors (Lipinski definition) is 3. The van der Waals surface area contributed by atoms with Gasteiger partial charge in [0, 0.05) is 13.7 Å². The molecule has 0 aromatic heterocycles. The minimum absolute atomic E-state index is 0.0311. The molecule has 13 heavy (non-hydrogen) atoms. The highest BCUT2D eigenvalue weighted by atomic mass is 16.5. The summed E-state index contributed by atoms with van der Waals surface area (Å²) in [7, 11) is 1.58. The number of hydrogen-bond acceptors (Lipinski definition) is 4. The number of methoxy groups -OCH3 is 1. The van der Waals surface area contributed by atoms with Crippen LogP contribution in [0.15, 0.2) is 0 Å². The van der Waals surface area contributed by atoms with E-state index < -0.39 is 11.9 Å². The van der Waals surface area contributed by atoms with Gasteiger partial charge in [-0.1, -0.05) is 0 Å². The molecule has 2 unspecified atom stereocenters. The lowest BCUT2D eigenvalue weighted by Gasteiger charge is -2.08. The highest BCUT2D eigenvalue weighted by molar-refractivity contribution is 5.96. The van der Waals surface area contributed by atoms with Crippen molar-refractivity contribution < 1.29 is 14.3 Å². The van der Waals surface area contributed by atoms with Gasteiger partial charge in [0.1, 0.15) is 0 Å². The summed E-state index contributed by atoms with van der Waals surface area (Å²) in [4.78, 5) is 21.5. The topological polar surface area (TPSA) is 93.4 Å². The Kier molecular flexibility index (Phi) is 3.21. The molecule has 1 fully saturated rings. The second-order valence-electron chi connectivity index (χ2n) is 2.91. The zero-order valence-corrected chi connectivity index (χ0v) is 7.37. The van der Waals surface area contributed by atoms with Crippen molar-refractivity contribution in [2.75, 3.05) is 13.7 Å². The van der Waals surface area contributed by atoms with Crippen LogP contribution >= 0.6 is 0 Å². The molecule has 1 rings (SSSR count). The summed E-state index contributed by atoms with van der Waals surface area (Å²) >= 11 is 0. The van der Waals surface area contributed by atoms with Crippen molar-refractivity contribution in [3.8, 4) is 0 Å². The highest BCUT2D eigenvalue weighted by Gasteiger charge is 2.29. The molecule has 6 heteroatoms. The van der Waals surface area contributed by atoms with Gasteiger partial charge in [-0.2, -0.15) is 0 Å². The Hall–Kier alpha value is -1.14. The summed E-state index contributed by atoms with van der Waals surface area (Å²) in [6.07, 6.45) is 0.596. The Morgan fingerprint density at radius 3 is 2.77 bits per heavy atom. The smallest absolute Gasteiger partial charge is 0.318 e. The predicted octanol–water partition coefficient (Wildman–Crippen LogP) is -1.44. The van der Waals surface area contributed by atoms with Gasteiger partial charge in [-0.25, -0.2) is 4.79 Å². The molecule has 4 N–H and O–H groups in total. The van der Waals surface area contributed by atoms with Crippen LogP contribution in [0.4, 0.5) is 4.79 Å². The Labute approximate surface area is 75.8 Å². The SMILES string of the molecule is COC1CNC(C(=O)NC(N)=O)C1. The summed E-state index contributed by atoms with van der Waals surface area (Å²) in [5, 5.41) is 4.93. The van der Waals surface area contributed by atoms with Gasteiger partial charge in [0.2, 0.25) is 5.91 Å². The molecule has 3 amide bonds. The molecule has 0 saturated carbocycles. The van der Waals surface area contributed by atoms with Crippen LogP contribution in [0.1, 0.15) is 6.42 Å². The number of nitrogens with one attached hydrogen (secondary N) is 2. The zero-order chi connectivity index (χ0) is 9.84. The van der Waals surface area contributed by atoms with E-state index in [4.69, 9.17) is 10.5 Å². The molecule has 1 heterocycles. The van der Waals surface area contributed by atoms with Gasteiger partial charge >= 0.3 is 6.03 Å². The van der Waals surface area contributed by atoms with Gasteiger partial charge in [0.05, 0.1) is 12.1 Å². The molecule has 0 spiro atoms. The molecule has 0 radical (unpaired) electrons. The first kappa shape index (κ1) is 9.94. The third kappa shape index (κ3) is 2.67. The minimum atomic E-state index is -0.826. The zero-order valence-electron chi connectivity index (χ0n) is 7.37. The molecule has 1 aliphatic heterocycles. The van der Waals surface area contributed by atoms with Crippen molar-refractivity contribution in [2.24, 2.45) is 5.73 Å². The van der Waals surface area contributed by atoms with Gasteiger partial charge in [0.25, 0.3) is 0 Å². The Morgan fingerprint density at radius 1 is 1.62 bits per heavy atom. The van der Waals surface area contributed by atoms with Crippen LogP contribution in [0.5, 0.6) is 0 Å². The summed E-state index contributed by atoms with van der Waals surface area (Å²) in [6, 6.07) is -1.20. The number of rotatable bonds is 2. The van der Waals surface area contributed by atoms with E-state index in [-0.39, 0.29) is 12.1 Å². The number of urea groups is 1. The van der Waals surface area contributed by atoms with E-state index in [1.165, 1.54) is 0 Å². The van der Waals surface area contributed by atoms with Crippen LogP contribution in [0.25, 0.3) is 0 Å². The molecule has 0 bridgehead atoms. The van der Waals surface area contributed by atoms with Crippen LogP contribution in [0.3, 0.4) is 0 Å². The summed E-state index contributed by atoms with van der Waals surface area (Å²) in [6.45, 7) is 0.618. The van der Waals surface area contributed by atoms with E-state index in [0.29, 0.717) is 13.0 Å². The molecule has 74 valence electrons. The van der Waals surface area contributed by atoms with E-state index >= 15 is 0 Å². The molecular weight excluding hydrogens is 174 g/mol. The van der Waals surface area contributed by atoms with Crippen molar-refractivity contribution in [3.05, 3.63) is 0 Å². The molecule has 2 atom stereocenters. The monoisotopic (exact) mass is 187 g/mol. The highest BCUT2D eigenvalue weighted by Crippen LogP contribution is 2.08. The van der Waals surface area contributed by atoms with Crippen LogP contribution in [-0.4, -0.2) is 37.7 Å². The van der Waals surface area contributed by atoms with Gasteiger partial charge in [0.15, 0.2) is 0 Å². The summed E-state index contributed by atoms with van der Waals surface area (Å²) < 4.78 is 5.04. The van der Waals surface area contributed by atoms with Crippen LogP contribution < -0.4 is 16.4 Å². The number of nitrogens with two attached hydrogens (primary N) is 1. The maximum atomic E-state index is 11.2. The molecule has 0 aromatic carbocycles. The summed E-state index contributed by atoms with van der Waals surface area (Å²) in [5.74, 6) is -0.396. The van der Waals surface area contributed by atoms with Crippen molar-refractivity contribution in [2.45, 2.75) is 18.6 Å². The number of imide groups is 1. The predicted molar refractivity (Wildman–Crippen MR) is 44.9 cm³/mol. The molecule has 0 aliphatic carbocycles. The third-order valence-electron chi connectivity index (χ3n) is 1.99. The first-order valence-electron chi connectivity index (χ1n) is 4.00. The van der Waals surface area contributed by atoms with Crippen molar-refractivity contribution in [1.82, 2.24) is 10.6 Å². The molecule has 0 aromatic rings. The number of amides is 3. The minimum Gasteiger partial charge on any atom is -0.380 e. The van der Waals surface area contributed by atoms with Crippen molar-refractivity contribution in [1.29, 1.82) is 0 Å². The fraction of sp³-hybridized carbons (Fsp3) is 0.714. The van der Waals surface area contributed by atoms with E-state index in [2.05, 4.69) is 5.32 Å². The van der Waals surface area contributed by atoms with Crippen LogP contribution in [-0.2, 0) is 9.53 Å². The van der Waals surface area contributed by atoms with Gasteiger partial charge in [-0.3, -0.25) is 10.1 Å². The lowest BCUT2D eigenvalue weighted by molar-refractivity contribution is -0.121. The van der Waals surface area contributed by atoms with Crippen LogP contribution in [0.2, 0.25) is 0 Å². The summed E-state index contributed by atoms with van der Waals surface area (Å²) in [5.41, 5.74) is 4.80. The Bertz CT molecular complexity index is 219. The quantitative estimate of drug-likeness (QED) is 0.493. The average molecular weight is 187 g/mol. The van der Waals surface area contributed by atoms with Crippen molar-refractivity contribution in [3.63, 3.8) is 0 Å². The third-order valence-corrected chi connectivity index (χ3v) is 1.99. The lowest BCUT2D eigenvalue weighted by atomic mass is 10.2. The van der Waals surface area contributed by atoms with Gasteiger partial charge in [-0.15, -0.1) is 0 Å². The van der Waals surface area contributed by atoms with Crippen LogP contribution in [0, 0.1) is 0 Å².